The third kappa shape index (κ3) is 3.72. The molecule has 1 aliphatic heterocycles. The summed E-state index contributed by atoms with van der Waals surface area (Å²) in [5, 5.41) is 10.5. The van der Waals surface area contributed by atoms with Crippen LogP contribution in [0.5, 0.6) is 6.01 Å². The first-order valence-electron chi connectivity index (χ1n) is 10.7. The third-order valence-corrected chi connectivity index (χ3v) is 7.57. The van der Waals surface area contributed by atoms with Crippen molar-refractivity contribution in [2.24, 2.45) is 5.92 Å². The number of hydrogen-bond acceptors (Lipinski definition) is 7. The molecule has 4 aromatic rings. The molecule has 0 unspecified atom stereocenters. The average molecular weight is 500 g/mol. The lowest BCUT2D eigenvalue weighted by molar-refractivity contribution is 0.188. The Morgan fingerprint density at radius 3 is 2.88 bits per heavy atom. The number of nitrogens with two attached hydrogens (primary N) is 1. The van der Waals surface area contributed by atoms with Crippen molar-refractivity contribution in [3.05, 3.63) is 46.6 Å². The largest absolute Gasteiger partial charge is 0.462 e. The quantitative estimate of drug-likeness (QED) is 0.392. The lowest BCUT2D eigenvalue weighted by atomic mass is 9.97. The molecule has 2 aromatic heterocycles. The Morgan fingerprint density at radius 2 is 2.18 bits per heavy atom. The molecule has 174 valence electrons. The number of nitrogen functional groups attached to an aromatic ring is 1. The summed E-state index contributed by atoms with van der Waals surface area (Å²) in [5.74, 6) is -0.670. The van der Waals surface area contributed by atoms with Gasteiger partial charge in [-0.2, -0.15) is 10.2 Å². The molecule has 3 heterocycles. The minimum Gasteiger partial charge on any atom is -0.462 e. The lowest BCUT2D eigenvalue weighted by Crippen LogP contribution is -2.30. The van der Waals surface area contributed by atoms with Gasteiger partial charge in [-0.3, -0.25) is 4.90 Å². The summed E-state index contributed by atoms with van der Waals surface area (Å²) in [6, 6.07) is 6.45. The zero-order valence-electron chi connectivity index (χ0n) is 18.4. The average Bonchev–Trinajstić information content (AvgIpc) is 3.31. The fraction of sp³-hybridized carbons (Fsp3) is 0.292. The highest BCUT2D eigenvalue weighted by atomic mass is 35.5. The first-order chi connectivity index (χ1) is 16.3. The van der Waals surface area contributed by atoms with E-state index in [9.17, 15) is 9.65 Å². The van der Waals surface area contributed by atoms with Crippen LogP contribution in [0.1, 0.15) is 18.9 Å². The van der Waals surface area contributed by atoms with Gasteiger partial charge in [0, 0.05) is 35.1 Å². The van der Waals surface area contributed by atoms with Crippen LogP contribution >= 0.6 is 22.9 Å². The highest BCUT2D eigenvalue weighted by Gasteiger charge is 2.28. The van der Waals surface area contributed by atoms with E-state index in [1.54, 1.807) is 6.07 Å². The van der Waals surface area contributed by atoms with Crippen molar-refractivity contribution in [3.8, 4) is 23.2 Å². The van der Waals surface area contributed by atoms with Gasteiger partial charge in [-0.05, 0) is 37.1 Å². The van der Waals surface area contributed by atoms with Gasteiger partial charge in [-0.25, -0.2) is 13.8 Å². The van der Waals surface area contributed by atoms with E-state index in [1.807, 2.05) is 13.1 Å². The Bertz CT molecular complexity index is 1480. The van der Waals surface area contributed by atoms with Gasteiger partial charge in [-0.15, -0.1) is 11.3 Å². The molecule has 0 radical (unpaired) electrons. The molecule has 34 heavy (non-hydrogen) atoms. The van der Waals surface area contributed by atoms with Crippen LogP contribution in [-0.2, 0) is 0 Å². The summed E-state index contributed by atoms with van der Waals surface area (Å²) >= 11 is 7.41. The molecule has 0 saturated carbocycles. The van der Waals surface area contributed by atoms with Crippen LogP contribution in [0.3, 0.4) is 0 Å². The SMILES string of the molecule is C[C@@H]1C[C@@H](COc2ncc3cc(Cl)c(-c4ccc(F)c5sc(N)c(C#N)c45)c(F)c3n2)N(C)C1. The van der Waals surface area contributed by atoms with E-state index in [1.165, 1.54) is 18.3 Å². The van der Waals surface area contributed by atoms with Crippen molar-refractivity contribution in [3.63, 3.8) is 0 Å². The van der Waals surface area contributed by atoms with Gasteiger partial charge in [0.1, 0.15) is 29.0 Å². The number of anilines is 1. The fourth-order valence-corrected chi connectivity index (χ4v) is 5.89. The minimum absolute atomic E-state index is 0.0162. The molecule has 1 saturated heterocycles. The van der Waals surface area contributed by atoms with Crippen LogP contribution in [0, 0.1) is 28.9 Å². The first-order valence-corrected chi connectivity index (χ1v) is 11.9. The maximum absolute atomic E-state index is 15.9. The fourth-order valence-electron chi connectivity index (χ4n) is 4.64. The van der Waals surface area contributed by atoms with E-state index in [0.717, 1.165) is 24.3 Å². The van der Waals surface area contributed by atoms with Crippen LogP contribution in [0.15, 0.2) is 24.4 Å². The Kier molecular flexibility index (Phi) is 5.76. The second-order valence-corrected chi connectivity index (χ2v) is 10.1. The standard InChI is InChI=1S/C24H20ClF2N5OS/c1-11-5-13(32(2)9-11)10-33-24-30-8-12-6-16(25)19(20(27)21(12)31-24)14-3-4-17(26)22-18(14)15(7-28)23(29)34-22/h3-4,6,8,11,13H,5,9-10,29H2,1-2H3/t11-,13+/m1/s1. The number of rotatable bonds is 4. The Balaban J connectivity index is 1.61. The van der Waals surface area contributed by atoms with Gasteiger partial charge >= 0.3 is 6.01 Å². The number of fused-ring (bicyclic) bond motifs is 2. The molecular weight excluding hydrogens is 480 g/mol. The van der Waals surface area contributed by atoms with E-state index in [-0.39, 0.29) is 54.4 Å². The molecule has 6 nitrogen and oxygen atoms in total. The molecule has 1 fully saturated rings. The summed E-state index contributed by atoms with van der Waals surface area (Å²) in [6.07, 6.45) is 2.46. The van der Waals surface area contributed by atoms with E-state index in [2.05, 4.69) is 21.8 Å². The van der Waals surface area contributed by atoms with Crippen molar-refractivity contribution in [1.82, 2.24) is 14.9 Å². The monoisotopic (exact) mass is 499 g/mol. The molecule has 1 aliphatic rings. The topological polar surface area (TPSA) is 88.1 Å². The number of thiophene rings is 1. The number of likely N-dealkylation sites (N-methyl/N-ethyl adjacent to an activating group) is 1. The zero-order valence-corrected chi connectivity index (χ0v) is 20.0. The normalized spacial score (nSPS) is 18.6. The Morgan fingerprint density at radius 1 is 1.38 bits per heavy atom. The van der Waals surface area contributed by atoms with Crippen LogP contribution in [0.25, 0.3) is 32.1 Å². The predicted octanol–water partition coefficient (Wildman–Crippen LogP) is 5.62. The second kappa shape index (κ2) is 8.62. The molecule has 0 amide bonds. The van der Waals surface area contributed by atoms with Crippen LogP contribution in [0.2, 0.25) is 5.02 Å². The molecule has 10 heteroatoms. The second-order valence-electron chi connectivity index (χ2n) is 8.64. The molecule has 0 aliphatic carbocycles. The molecular formula is C24H20ClF2N5OS. The summed E-state index contributed by atoms with van der Waals surface area (Å²) in [5.41, 5.74) is 6.33. The van der Waals surface area contributed by atoms with Gasteiger partial charge in [0.25, 0.3) is 0 Å². The minimum atomic E-state index is -0.706. The molecule has 2 aromatic carbocycles. The smallest absolute Gasteiger partial charge is 0.317 e. The number of halogens is 3. The van der Waals surface area contributed by atoms with Crippen molar-refractivity contribution in [2.45, 2.75) is 19.4 Å². The molecule has 0 spiro atoms. The zero-order chi connectivity index (χ0) is 24.1. The van der Waals surface area contributed by atoms with Crippen molar-refractivity contribution in [2.75, 3.05) is 25.9 Å². The van der Waals surface area contributed by atoms with E-state index in [4.69, 9.17) is 22.1 Å². The van der Waals surface area contributed by atoms with E-state index < -0.39 is 11.6 Å². The number of nitrogens with zero attached hydrogens (tertiary/aromatic N) is 4. The van der Waals surface area contributed by atoms with Gasteiger partial charge in [0.15, 0.2) is 5.82 Å². The molecule has 2 N–H and O–H groups in total. The number of benzene rings is 2. The van der Waals surface area contributed by atoms with Crippen molar-refractivity contribution >= 4 is 48.9 Å². The summed E-state index contributed by atoms with van der Waals surface area (Å²) < 4.78 is 36.3. The number of ether oxygens (including phenoxy) is 1. The van der Waals surface area contributed by atoms with Gasteiger partial charge in [0.05, 0.1) is 15.3 Å². The van der Waals surface area contributed by atoms with Crippen molar-refractivity contribution in [1.29, 1.82) is 5.26 Å². The Hall–Kier alpha value is -3.06. The van der Waals surface area contributed by atoms with E-state index >= 15 is 4.39 Å². The number of aromatic nitrogens is 2. The molecule has 2 atom stereocenters. The molecule has 0 bridgehead atoms. The van der Waals surface area contributed by atoms with Gasteiger partial charge in [-0.1, -0.05) is 24.6 Å². The van der Waals surface area contributed by atoms with Gasteiger partial charge in [0.2, 0.25) is 0 Å². The molecule has 5 rings (SSSR count). The summed E-state index contributed by atoms with van der Waals surface area (Å²) in [7, 11) is 2.04. The van der Waals surface area contributed by atoms with Gasteiger partial charge < -0.3 is 10.5 Å². The maximum atomic E-state index is 15.9. The first kappa shape index (κ1) is 22.7. The number of nitriles is 1. The lowest BCUT2D eigenvalue weighted by Gasteiger charge is -2.19. The maximum Gasteiger partial charge on any atom is 0.317 e. The van der Waals surface area contributed by atoms with Crippen LogP contribution < -0.4 is 10.5 Å². The van der Waals surface area contributed by atoms with Crippen LogP contribution in [0.4, 0.5) is 13.8 Å². The highest BCUT2D eigenvalue weighted by molar-refractivity contribution is 7.23. The number of likely N-dealkylation sites (tertiary alicyclic amines) is 1. The Labute approximate surface area is 203 Å². The van der Waals surface area contributed by atoms with Crippen molar-refractivity contribution < 1.29 is 13.5 Å². The third-order valence-electron chi connectivity index (χ3n) is 6.24. The van der Waals surface area contributed by atoms with Crippen LogP contribution in [-0.4, -0.2) is 41.1 Å². The summed E-state index contributed by atoms with van der Waals surface area (Å²) in [6.45, 7) is 3.58. The predicted molar refractivity (Wildman–Crippen MR) is 130 cm³/mol. The number of hydrogen-bond donors (Lipinski definition) is 1. The van der Waals surface area contributed by atoms with E-state index in [0.29, 0.717) is 17.9 Å². The summed E-state index contributed by atoms with van der Waals surface area (Å²) in [4.78, 5) is 10.7. The highest BCUT2D eigenvalue weighted by Crippen LogP contribution is 2.44.